The Labute approximate surface area is 156 Å². The Morgan fingerprint density at radius 2 is 1.89 bits per heavy atom. The van der Waals surface area contributed by atoms with Crippen LogP contribution in [0.4, 0.5) is 5.69 Å². The van der Waals surface area contributed by atoms with Gasteiger partial charge in [-0.2, -0.15) is 0 Å². The molecule has 10 heteroatoms. The van der Waals surface area contributed by atoms with Crippen molar-refractivity contribution in [2.45, 2.75) is 4.90 Å². The maximum atomic E-state index is 12.8. The molecule has 0 bridgehead atoms. The summed E-state index contributed by atoms with van der Waals surface area (Å²) in [6, 6.07) is 5.73. The lowest BCUT2D eigenvalue weighted by Gasteiger charge is -2.15. The van der Waals surface area contributed by atoms with E-state index in [1.54, 1.807) is 0 Å². The van der Waals surface area contributed by atoms with E-state index in [-0.39, 0.29) is 22.1 Å². The van der Waals surface area contributed by atoms with Gasteiger partial charge in [-0.05, 0) is 29.8 Å². The number of nitrogens with one attached hydrogen (secondary N) is 1. The summed E-state index contributed by atoms with van der Waals surface area (Å²) in [7, 11) is 0.00859. The number of methoxy groups -OCH3 is 3. The van der Waals surface area contributed by atoms with Crippen molar-refractivity contribution in [2.75, 3.05) is 26.1 Å². The van der Waals surface area contributed by atoms with Crippen LogP contribution in [0.1, 0.15) is 5.56 Å². The second-order valence-corrected chi connectivity index (χ2v) is 6.77. The largest absolute Gasteiger partial charge is 0.493 e. The number of pyridine rings is 1. The molecule has 2 N–H and O–H groups in total. The highest BCUT2D eigenvalue weighted by molar-refractivity contribution is 7.92. The van der Waals surface area contributed by atoms with Crippen LogP contribution in [0.15, 0.2) is 41.4 Å². The van der Waals surface area contributed by atoms with E-state index in [9.17, 15) is 13.2 Å². The van der Waals surface area contributed by atoms with Gasteiger partial charge in [-0.25, -0.2) is 18.2 Å². The average molecular weight is 394 g/mol. The van der Waals surface area contributed by atoms with E-state index < -0.39 is 16.0 Å². The van der Waals surface area contributed by atoms with E-state index in [0.29, 0.717) is 11.4 Å². The molecule has 0 atom stereocenters. The smallest absolute Gasteiger partial charge is 0.328 e. The zero-order valence-corrected chi connectivity index (χ0v) is 15.6. The molecule has 1 heterocycles. The van der Waals surface area contributed by atoms with E-state index >= 15 is 0 Å². The third kappa shape index (κ3) is 4.88. The zero-order valence-electron chi connectivity index (χ0n) is 14.8. The van der Waals surface area contributed by atoms with Gasteiger partial charge < -0.3 is 19.3 Å². The van der Waals surface area contributed by atoms with Gasteiger partial charge in [0.2, 0.25) is 5.88 Å². The summed E-state index contributed by atoms with van der Waals surface area (Å²) in [5.41, 5.74) is 0.520. The van der Waals surface area contributed by atoms with Crippen molar-refractivity contribution in [1.82, 2.24) is 4.98 Å². The molecule has 2 rings (SSSR count). The number of carboxylic acids is 1. The van der Waals surface area contributed by atoms with Crippen LogP contribution in [0, 0.1) is 0 Å². The fourth-order valence-corrected chi connectivity index (χ4v) is 3.44. The number of hydrogen-bond acceptors (Lipinski definition) is 7. The molecule has 0 saturated heterocycles. The Kier molecular flexibility index (Phi) is 6.24. The first-order valence-electron chi connectivity index (χ1n) is 7.50. The van der Waals surface area contributed by atoms with Gasteiger partial charge in [-0.1, -0.05) is 0 Å². The summed E-state index contributed by atoms with van der Waals surface area (Å²) >= 11 is 0. The number of benzene rings is 1. The minimum Gasteiger partial charge on any atom is -0.493 e. The Balaban J connectivity index is 2.51. The Morgan fingerprint density at radius 3 is 2.41 bits per heavy atom. The number of carbonyl (C=O) groups is 1. The zero-order chi connectivity index (χ0) is 20.0. The van der Waals surface area contributed by atoms with Gasteiger partial charge >= 0.3 is 5.97 Å². The Bertz CT molecular complexity index is 954. The van der Waals surface area contributed by atoms with Crippen molar-refractivity contribution >= 4 is 27.8 Å². The molecule has 27 heavy (non-hydrogen) atoms. The maximum absolute atomic E-state index is 12.8. The molecule has 0 aliphatic rings. The summed E-state index contributed by atoms with van der Waals surface area (Å²) in [4.78, 5) is 14.5. The molecular formula is C17H18N2O7S. The summed E-state index contributed by atoms with van der Waals surface area (Å²) in [6.45, 7) is 0. The molecule has 0 aliphatic carbocycles. The Morgan fingerprint density at radius 1 is 1.15 bits per heavy atom. The van der Waals surface area contributed by atoms with Gasteiger partial charge in [0, 0.05) is 12.1 Å². The van der Waals surface area contributed by atoms with Crippen molar-refractivity contribution in [3.63, 3.8) is 0 Å². The highest BCUT2D eigenvalue weighted by Gasteiger charge is 2.24. The molecule has 0 spiro atoms. The number of sulfonamides is 1. The molecule has 0 aliphatic heterocycles. The average Bonchev–Trinajstić information content (AvgIpc) is 2.65. The van der Waals surface area contributed by atoms with Crippen LogP contribution in [-0.2, 0) is 14.8 Å². The lowest BCUT2D eigenvalue weighted by Crippen LogP contribution is -2.15. The molecule has 0 fully saturated rings. The number of nitrogens with zero attached hydrogens (tertiary/aromatic N) is 1. The molecule has 144 valence electrons. The van der Waals surface area contributed by atoms with Crippen LogP contribution in [0.5, 0.6) is 17.4 Å². The van der Waals surface area contributed by atoms with Crippen molar-refractivity contribution in [3.05, 3.63) is 42.1 Å². The first kappa shape index (κ1) is 20.0. The summed E-state index contributed by atoms with van der Waals surface area (Å²) in [5.74, 6) is -0.716. The molecule has 0 saturated carbocycles. The number of carboxylic acid groups (broad SMARTS) is 1. The van der Waals surface area contributed by atoms with E-state index in [2.05, 4.69) is 9.71 Å². The topological polar surface area (TPSA) is 124 Å². The second kappa shape index (κ2) is 8.41. The van der Waals surface area contributed by atoms with Crippen molar-refractivity contribution < 1.29 is 32.5 Å². The van der Waals surface area contributed by atoms with Crippen molar-refractivity contribution in [3.8, 4) is 17.4 Å². The van der Waals surface area contributed by atoms with Gasteiger partial charge in [0.15, 0.2) is 11.5 Å². The first-order chi connectivity index (χ1) is 12.8. The first-order valence-corrected chi connectivity index (χ1v) is 8.99. The number of rotatable bonds is 8. The molecule has 0 amide bonds. The quantitative estimate of drug-likeness (QED) is 0.652. The lowest BCUT2D eigenvalue weighted by atomic mass is 10.2. The fraction of sp³-hybridized carbons (Fsp3) is 0.176. The standard InChI is InChI=1S/C17H18N2O7S/c1-24-13-8-11(4-7-16(20)21)9-14(17(13)26-3)27(22,23)19-12-5-6-15(25-2)18-10-12/h4-10,19H,1-3H3,(H,20,21)/b7-4+. The van der Waals surface area contributed by atoms with Gasteiger partial charge in [-0.3, -0.25) is 4.72 Å². The summed E-state index contributed by atoms with van der Waals surface area (Å²) in [5, 5.41) is 8.78. The molecule has 0 radical (unpaired) electrons. The fourth-order valence-electron chi connectivity index (χ4n) is 2.18. The van der Waals surface area contributed by atoms with Crippen LogP contribution >= 0.6 is 0 Å². The second-order valence-electron chi connectivity index (χ2n) is 5.12. The highest BCUT2D eigenvalue weighted by atomic mass is 32.2. The molecule has 1 aromatic carbocycles. The molecule has 1 aromatic heterocycles. The third-order valence-electron chi connectivity index (χ3n) is 3.37. The Hall–Kier alpha value is -3.27. The van der Waals surface area contributed by atoms with E-state index in [0.717, 1.165) is 6.08 Å². The van der Waals surface area contributed by atoms with Gasteiger partial charge in [0.1, 0.15) is 4.90 Å². The highest BCUT2D eigenvalue weighted by Crippen LogP contribution is 2.36. The van der Waals surface area contributed by atoms with Crippen molar-refractivity contribution in [2.24, 2.45) is 0 Å². The van der Waals surface area contributed by atoms with Crippen molar-refractivity contribution in [1.29, 1.82) is 0 Å². The number of anilines is 1. The number of aliphatic carboxylic acids is 1. The van der Waals surface area contributed by atoms with Gasteiger partial charge in [-0.15, -0.1) is 0 Å². The summed E-state index contributed by atoms with van der Waals surface area (Å²) < 4.78 is 43.4. The summed E-state index contributed by atoms with van der Waals surface area (Å²) in [6.07, 6.45) is 3.44. The number of ether oxygens (including phenoxy) is 3. The normalized spacial score (nSPS) is 11.2. The SMILES string of the molecule is COc1ccc(NS(=O)(=O)c2cc(/C=C/C(=O)O)cc(OC)c2OC)cn1. The molecular weight excluding hydrogens is 376 g/mol. The molecule has 9 nitrogen and oxygen atoms in total. The van der Waals surface area contributed by atoms with Crippen LogP contribution < -0.4 is 18.9 Å². The predicted molar refractivity (Wildman–Crippen MR) is 97.8 cm³/mol. The maximum Gasteiger partial charge on any atom is 0.328 e. The minimum atomic E-state index is -4.09. The third-order valence-corrected chi connectivity index (χ3v) is 4.76. The van der Waals surface area contributed by atoms with Gasteiger partial charge in [0.05, 0.1) is 33.2 Å². The van der Waals surface area contributed by atoms with Crippen LogP contribution in [0.2, 0.25) is 0 Å². The molecule has 0 unspecified atom stereocenters. The van der Waals surface area contributed by atoms with Crippen LogP contribution in [0.25, 0.3) is 6.08 Å². The minimum absolute atomic E-state index is 0.0149. The predicted octanol–water partition coefficient (Wildman–Crippen LogP) is 2.01. The van der Waals surface area contributed by atoms with E-state index in [1.165, 1.54) is 57.9 Å². The lowest BCUT2D eigenvalue weighted by molar-refractivity contribution is -0.131. The van der Waals surface area contributed by atoms with E-state index in [4.69, 9.17) is 19.3 Å². The molecule has 2 aromatic rings. The van der Waals surface area contributed by atoms with E-state index in [1.807, 2.05) is 0 Å². The number of hydrogen-bond donors (Lipinski definition) is 2. The van der Waals surface area contributed by atoms with Crippen LogP contribution in [0.3, 0.4) is 0 Å². The van der Waals surface area contributed by atoms with Crippen LogP contribution in [-0.4, -0.2) is 45.8 Å². The number of aromatic nitrogens is 1. The monoisotopic (exact) mass is 394 g/mol. The van der Waals surface area contributed by atoms with Gasteiger partial charge in [0.25, 0.3) is 10.0 Å².